The number of carbonyl (C=O) groups is 1. The summed E-state index contributed by atoms with van der Waals surface area (Å²) in [4.78, 5) is 20.5. The molecule has 0 aromatic heterocycles. The van der Waals surface area contributed by atoms with Crippen molar-refractivity contribution in [3.05, 3.63) is 0 Å². The molecule has 0 rings (SSSR count). The zero-order valence-corrected chi connectivity index (χ0v) is 11.1. The number of carbonyl (C=O) groups excluding carboxylic acids is 1. The summed E-state index contributed by atoms with van der Waals surface area (Å²) in [6.07, 6.45) is -0.572. The first-order valence-electron chi connectivity index (χ1n) is 5.17. The highest BCUT2D eigenvalue weighted by Crippen LogP contribution is 2.32. The first-order chi connectivity index (χ1) is 7.13. The fourth-order valence-corrected chi connectivity index (χ4v) is 1.65. The van der Waals surface area contributed by atoms with Crippen molar-refractivity contribution in [3.8, 4) is 0 Å². The Bertz CT molecular complexity index is 277. The van der Waals surface area contributed by atoms with E-state index in [9.17, 15) is 14.6 Å². The van der Waals surface area contributed by atoms with Gasteiger partial charge in [-0.15, -0.1) is 0 Å². The van der Waals surface area contributed by atoms with Crippen LogP contribution in [0, 0.1) is 5.92 Å². The first kappa shape index (κ1) is 15.6. The van der Waals surface area contributed by atoms with Gasteiger partial charge < -0.3 is 4.89 Å². The van der Waals surface area contributed by atoms with E-state index < -0.39 is 19.4 Å². The van der Waals surface area contributed by atoms with Crippen LogP contribution in [-0.2, 0) is 9.36 Å². The van der Waals surface area contributed by atoms with Gasteiger partial charge in [0.1, 0.15) is 6.17 Å². The maximum Gasteiger partial charge on any atom is 0.247 e. The van der Waals surface area contributed by atoms with Crippen molar-refractivity contribution in [1.29, 1.82) is 0 Å². The van der Waals surface area contributed by atoms with Gasteiger partial charge in [-0.3, -0.25) is 19.9 Å². The second kappa shape index (κ2) is 6.35. The van der Waals surface area contributed by atoms with Crippen LogP contribution in [0.5, 0.6) is 0 Å². The molecule has 1 amide bonds. The lowest BCUT2D eigenvalue weighted by Crippen LogP contribution is -2.45. The fraction of sp³-hybridized carbons (Fsp3) is 0.889. The number of hydrogen-bond donors (Lipinski definition) is 3. The molecule has 0 radical (unpaired) electrons. The van der Waals surface area contributed by atoms with Crippen LogP contribution in [0.25, 0.3) is 0 Å². The van der Waals surface area contributed by atoms with Crippen molar-refractivity contribution in [2.24, 2.45) is 5.92 Å². The highest BCUT2D eigenvalue weighted by Gasteiger charge is 2.20. The number of nitrogens with zero attached hydrogens (tertiary/aromatic N) is 1. The Morgan fingerprint density at radius 3 is 2.31 bits per heavy atom. The van der Waals surface area contributed by atoms with E-state index in [1.807, 2.05) is 13.8 Å². The number of amides is 1. The third-order valence-corrected chi connectivity index (χ3v) is 2.65. The van der Waals surface area contributed by atoms with Gasteiger partial charge in [0.25, 0.3) is 0 Å². The Morgan fingerprint density at radius 2 is 1.94 bits per heavy atom. The molecule has 0 aromatic carbocycles. The zero-order chi connectivity index (χ0) is 12.9. The van der Waals surface area contributed by atoms with Crippen LogP contribution in [0.1, 0.15) is 27.2 Å². The van der Waals surface area contributed by atoms with E-state index in [1.165, 1.54) is 6.66 Å². The molecule has 0 saturated heterocycles. The Morgan fingerprint density at radius 1 is 1.44 bits per heavy atom. The molecule has 2 unspecified atom stereocenters. The summed E-state index contributed by atoms with van der Waals surface area (Å²) in [7, 11) is -3.18. The molecule has 0 aliphatic rings. The molecule has 0 fully saturated rings. The standard InChI is InChI=1S/C9H21N2O4P/c1-7(2)5-9(12)11(13)8(3)10-6-16(4,14)15/h7-8,10,13H,5-6H2,1-4H3,(H,14,15). The van der Waals surface area contributed by atoms with Crippen LogP contribution < -0.4 is 5.32 Å². The van der Waals surface area contributed by atoms with Gasteiger partial charge in [-0.05, 0) is 12.8 Å². The molecular weight excluding hydrogens is 231 g/mol. The van der Waals surface area contributed by atoms with Gasteiger partial charge in [0.05, 0.1) is 6.29 Å². The van der Waals surface area contributed by atoms with Gasteiger partial charge in [-0.1, -0.05) is 13.8 Å². The van der Waals surface area contributed by atoms with E-state index in [0.717, 1.165) is 0 Å². The minimum atomic E-state index is -3.18. The van der Waals surface area contributed by atoms with Crippen molar-refractivity contribution in [1.82, 2.24) is 10.4 Å². The molecule has 0 aromatic rings. The molecule has 0 aliphatic heterocycles. The Kier molecular flexibility index (Phi) is 6.18. The molecule has 2 atom stereocenters. The Hall–Kier alpha value is -0.420. The normalized spacial score (nSPS) is 16.9. The van der Waals surface area contributed by atoms with Crippen LogP contribution >= 0.6 is 7.37 Å². The molecule has 96 valence electrons. The first-order valence-corrected chi connectivity index (χ1v) is 7.46. The van der Waals surface area contributed by atoms with Crippen molar-refractivity contribution in [2.75, 3.05) is 13.0 Å². The summed E-state index contributed by atoms with van der Waals surface area (Å²) in [6, 6.07) is 0. The molecule has 3 N–H and O–H groups in total. The lowest BCUT2D eigenvalue weighted by atomic mass is 10.1. The lowest BCUT2D eigenvalue weighted by Gasteiger charge is -2.24. The molecule has 0 saturated carbocycles. The molecule has 0 heterocycles. The molecule has 7 heteroatoms. The van der Waals surface area contributed by atoms with Gasteiger partial charge in [-0.2, -0.15) is 0 Å². The largest absolute Gasteiger partial charge is 0.344 e. The average molecular weight is 252 g/mol. The van der Waals surface area contributed by atoms with Gasteiger partial charge in [-0.25, -0.2) is 5.06 Å². The van der Waals surface area contributed by atoms with Crippen LogP contribution in [0.15, 0.2) is 0 Å². The zero-order valence-electron chi connectivity index (χ0n) is 10.2. The van der Waals surface area contributed by atoms with E-state index in [1.54, 1.807) is 6.92 Å². The lowest BCUT2D eigenvalue weighted by molar-refractivity contribution is -0.177. The number of hydrogen-bond acceptors (Lipinski definition) is 4. The number of hydroxylamine groups is 2. The molecule has 0 bridgehead atoms. The van der Waals surface area contributed by atoms with Crippen molar-refractivity contribution >= 4 is 13.3 Å². The smallest absolute Gasteiger partial charge is 0.247 e. The second-order valence-corrected chi connectivity index (χ2v) is 6.84. The van der Waals surface area contributed by atoms with Crippen LogP contribution in [-0.4, -0.2) is 40.2 Å². The predicted molar refractivity (Wildman–Crippen MR) is 61.3 cm³/mol. The SMILES string of the molecule is CC(C)CC(=O)N(O)C(C)NCP(C)(=O)O. The van der Waals surface area contributed by atoms with Crippen molar-refractivity contribution in [3.63, 3.8) is 0 Å². The van der Waals surface area contributed by atoms with Crippen LogP contribution in [0.2, 0.25) is 0 Å². The van der Waals surface area contributed by atoms with Gasteiger partial charge in [0.15, 0.2) is 0 Å². The molecular formula is C9H21N2O4P. The predicted octanol–water partition coefficient (Wildman–Crippen LogP) is 1.04. The molecule has 6 nitrogen and oxygen atoms in total. The third kappa shape index (κ3) is 6.95. The van der Waals surface area contributed by atoms with Gasteiger partial charge >= 0.3 is 0 Å². The summed E-state index contributed by atoms with van der Waals surface area (Å²) in [5, 5.41) is 12.7. The highest BCUT2D eigenvalue weighted by molar-refractivity contribution is 7.57. The summed E-state index contributed by atoms with van der Waals surface area (Å²) in [5.74, 6) is -0.247. The van der Waals surface area contributed by atoms with Gasteiger partial charge in [0, 0.05) is 13.1 Å². The molecule has 0 spiro atoms. The van der Waals surface area contributed by atoms with Crippen molar-refractivity contribution in [2.45, 2.75) is 33.4 Å². The summed E-state index contributed by atoms with van der Waals surface area (Å²) in [6.45, 7) is 6.51. The van der Waals surface area contributed by atoms with Crippen LogP contribution in [0.3, 0.4) is 0 Å². The van der Waals surface area contributed by atoms with Gasteiger partial charge in [0.2, 0.25) is 13.3 Å². The third-order valence-electron chi connectivity index (χ3n) is 1.89. The maximum atomic E-state index is 11.4. The van der Waals surface area contributed by atoms with E-state index in [4.69, 9.17) is 4.89 Å². The van der Waals surface area contributed by atoms with E-state index in [0.29, 0.717) is 5.06 Å². The minimum Gasteiger partial charge on any atom is -0.344 e. The number of nitrogens with one attached hydrogen (secondary N) is 1. The van der Waals surface area contributed by atoms with Crippen molar-refractivity contribution < 1.29 is 19.5 Å². The Labute approximate surface area is 96.0 Å². The topological polar surface area (TPSA) is 89.9 Å². The average Bonchev–Trinajstić information content (AvgIpc) is 2.10. The van der Waals surface area contributed by atoms with E-state index in [2.05, 4.69) is 5.32 Å². The summed E-state index contributed by atoms with van der Waals surface area (Å²) in [5.41, 5.74) is 0. The van der Waals surface area contributed by atoms with E-state index >= 15 is 0 Å². The fourth-order valence-electron chi connectivity index (χ4n) is 1.05. The maximum absolute atomic E-state index is 11.4. The molecule has 16 heavy (non-hydrogen) atoms. The summed E-state index contributed by atoms with van der Waals surface area (Å²) < 4.78 is 11.0. The minimum absolute atomic E-state index is 0.139. The second-order valence-electron chi connectivity index (χ2n) is 4.43. The molecule has 0 aliphatic carbocycles. The number of rotatable bonds is 6. The van der Waals surface area contributed by atoms with Crippen LogP contribution in [0.4, 0.5) is 0 Å². The quantitative estimate of drug-likeness (QED) is 0.284. The highest BCUT2D eigenvalue weighted by atomic mass is 31.2. The Balaban J connectivity index is 4.13. The van der Waals surface area contributed by atoms with E-state index in [-0.39, 0.29) is 18.6 Å². The summed E-state index contributed by atoms with van der Waals surface area (Å²) >= 11 is 0. The monoisotopic (exact) mass is 252 g/mol.